The third-order valence-electron chi connectivity index (χ3n) is 8.47. The Balaban J connectivity index is 1.41. The topological polar surface area (TPSA) is 96.4 Å². The molecular formula is C36H43N7O2. The highest BCUT2D eigenvalue weighted by molar-refractivity contribution is 5.94. The van der Waals surface area contributed by atoms with E-state index < -0.39 is 0 Å². The zero-order chi connectivity index (χ0) is 31.6. The molecule has 0 spiro atoms. The van der Waals surface area contributed by atoms with Crippen molar-refractivity contribution in [2.24, 2.45) is 5.41 Å². The zero-order valence-corrected chi connectivity index (χ0v) is 27.0. The number of fused-ring (bicyclic) bond motifs is 4. The first-order chi connectivity index (χ1) is 21.6. The van der Waals surface area contributed by atoms with Crippen LogP contribution in [0.3, 0.4) is 0 Å². The smallest absolute Gasteiger partial charge is 0.254 e. The largest absolute Gasteiger partial charge is 0.475 e. The zero-order valence-electron chi connectivity index (χ0n) is 27.0. The third-order valence-corrected chi connectivity index (χ3v) is 8.47. The van der Waals surface area contributed by atoms with Gasteiger partial charge in [0.25, 0.3) is 5.91 Å². The summed E-state index contributed by atoms with van der Waals surface area (Å²) in [6, 6.07) is 15.7. The predicted octanol–water partition coefficient (Wildman–Crippen LogP) is 6.60. The van der Waals surface area contributed by atoms with Crippen molar-refractivity contribution in [3.05, 3.63) is 88.9 Å². The number of nitrogens with zero attached hydrogens (tertiary/aromatic N) is 6. The van der Waals surface area contributed by atoms with E-state index in [-0.39, 0.29) is 24.0 Å². The van der Waals surface area contributed by atoms with Crippen molar-refractivity contribution < 1.29 is 9.53 Å². The molecule has 2 aromatic carbocycles. The Morgan fingerprint density at radius 3 is 2.47 bits per heavy atom. The number of carbonyl (C=O) groups is 1. The predicted molar refractivity (Wildman–Crippen MR) is 177 cm³/mol. The maximum Gasteiger partial charge on any atom is 0.254 e. The van der Waals surface area contributed by atoms with Crippen molar-refractivity contribution in [1.82, 2.24) is 24.8 Å². The molecule has 1 atom stereocenters. The van der Waals surface area contributed by atoms with Crippen molar-refractivity contribution in [2.45, 2.75) is 73.0 Å². The minimum atomic E-state index is -0.255. The number of aromatic nitrogens is 4. The van der Waals surface area contributed by atoms with Crippen LogP contribution in [0.15, 0.2) is 60.9 Å². The van der Waals surface area contributed by atoms with Crippen LogP contribution in [0.5, 0.6) is 5.88 Å². The monoisotopic (exact) mass is 605 g/mol. The van der Waals surface area contributed by atoms with E-state index in [1.165, 1.54) is 0 Å². The van der Waals surface area contributed by atoms with Crippen LogP contribution in [0, 0.1) is 19.3 Å². The lowest BCUT2D eigenvalue weighted by atomic mass is 9.87. The summed E-state index contributed by atoms with van der Waals surface area (Å²) in [5.74, 6) is 1.77. The molecule has 2 aliphatic rings. The Hall–Kier alpha value is -4.53. The first kappa shape index (κ1) is 30.5. The summed E-state index contributed by atoms with van der Waals surface area (Å²) in [6.45, 7) is 13.8. The van der Waals surface area contributed by atoms with Gasteiger partial charge in [-0.25, -0.2) is 9.97 Å². The Bertz CT molecular complexity index is 1660. The summed E-state index contributed by atoms with van der Waals surface area (Å²) in [4.78, 5) is 37.8. The number of hydrogen-bond donors (Lipinski definition) is 1. The fraction of sp³-hybridized carbons (Fsp3) is 0.417. The van der Waals surface area contributed by atoms with Crippen molar-refractivity contribution in [2.75, 3.05) is 29.9 Å². The molecule has 2 aliphatic heterocycles. The molecule has 1 fully saturated rings. The summed E-state index contributed by atoms with van der Waals surface area (Å²) < 4.78 is 6.51. The molecule has 6 rings (SSSR count). The average Bonchev–Trinajstić information content (AvgIpc) is 3.55. The average molecular weight is 606 g/mol. The highest BCUT2D eigenvalue weighted by Gasteiger charge is 2.31. The van der Waals surface area contributed by atoms with E-state index in [9.17, 15) is 4.79 Å². The van der Waals surface area contributed by atoms with Crippen LogP contribution < -0.4 is 15.0 Å². The maximum atomic E-state index is 14.4. The molecule has 0 saturated carbocycles. The van der Waals surface area contributed by atoms with E-state index in [0.29, 0.717) is 30.5 Å². The van der Waals surface area contributed by atoms with Crippen LogP contribution in [0.2, 0.25) is 0 Å². The fourth-order valence-electron chi connectivity index (χ4n) is 6.34. The number of rotatable bonds is 5. The number of ether oxygens (including phenoxy) is 1. The van der Waals surface area contributed by atoms with Gasteiger partial charge in [0.1, 0.15) is 12.4 Å². The molecule has 9 heteroatoms. The van der Waals surface area contributed by atoms with E-state index in [1.54, 1.807) is 6.20 Å². The van der Waals surface area contributed by atoms with Crippen LogP contribution in [-0.4, -0.2) is 56.5 Å². The maximum absolute atomic E-state index is 14.4. The number of nitrogens with one attached hydrogen (secondary N) is 1. The van der Waals surface area contributed by atoms with Gasteiger partial charge >= 0.3 is 0 Å². The van der Waals surface area contributed by atoms with Crippen molar-refractivity contribution >= 4 is 17.7 Å². The first-order valence-electron chi connectivity index (χ1n) is 15.9. The van der Waals surface area contributed by atoms with Crippen LogP contribution in [-0.2, 0) is 13.1 Å². The van der Waals surface area contributed by atoms with E-state index in [0.717, 1.165) is 71.8 Å². The standard InChI is InChI=1S/C36H43N7O2/c1-24-10-8-11-25(2)33(24)30-17-32-41-35(40-30)38-19-26-12-9-13-27(16-26)34(44)43(29(23-45-32)18-36(3,4)5)22-28-20-37-21-31(39-28)42-14-6-7-15-42/h8-13,16-17,20-21,29H,6-7,14-15,18-19,22-23H2,1-5H3,(H,38,40,41)/t29-/m1/s1. The molecule has 45 heavy (non-hydrogen) atoms. The van der Waals surface area contributed by atoms with E-state index >= 15 is 0 Å². The van der Waals surface area contributed by atoms with Gasteiger partial charge in [-0.1, -0.05) is 51.1 Å². The van der Waals surface area contributed by atoms with Crippen LogP contribution >= 0.6 is 0 Å². The molecule has 0 unspecified atom stereocenters. The molecule has 0 radical (unpaired) electrons. The Morgan fingerprint density at radius 2 is 1.71 bits per heavy atom. The van der Waals surface area contributed by atoms with Gasteiger partial charge < -0.3 is 19.9 Å². The van der Waals surface area contributed by atoms with Crippen LogP contribution in [0.4, 0.5) is 11.8 Å². The van der Waals surface area contributed by atoms with Gasteiger partial charge in [-0.05, 0) is 67.3 Å². The van der Waals surface area contributed by atoms with Crippen molar-refractivity contribution in [3.8, 4) is 17.1 Å². The molecule has 2 aromatic heterocycles. The molecule has 4 bridgehead atoms. The van der Waals surface area contributed by atoms with Gasteiger partial charge in [0, 0.05) is 36.8 Å². The number of amides is 1. The lowest BCUT2D eigenvalue weighted by Crippen LogP contribution is -2.45. The second kappa shape index (κ2) is 12.8. The highest BCUT2D eigenvalue weighted by Crippen LogP contribution is 2.31. The Labute approximate surface area is 266 Å². The lowest BCUT2D eigenvalue weighted by Gasteiger charge is -2.35. The summed E-state index contributed by atoms with van der Waals surface area (Å²) in [5, 5.41) is 3.38. The number of hydrogen-bond acceptors (Lipinski definition) is 8. The number of aryl methyl sites for hydroxylation is 2. The van der Waals surface area contributed by atoms with Gasteiger partial charge in [0.05, 0.1) is 36.4 Å². The summed E-state index contributed by atoms with van der Waals surface area (Å²) in [7, 11) is 0. The molecular weight excluding hydrogens is 562 g/mol. The van der Waals surface area contributed by atoms with Gasteiger partial charge in [-0.2, -0.15) is 4.98 Å². The Kier molecular flexibility index (Phi) is 8.70. The van der Waals surface area contributed by atoms with E-state index in [4.69, 9.17) is 19.7 Å². The summed E-state index contributed by atoms with van der Waals surface area (Å²) in [6.07, 6.45) is 6.63. The molecule has 1 N–H and O–H groups in total. The van der Waals surface area contributed by atoms with Crippen molar-refractivity contribution in [1.29, 1.82) is 0 Å². The van der Waals surface area contributed by atoms with Crippen molar-refractivity contribution in [3.63, 3.8) is 0 Å². The molecule has 4 aromatic rings. The van der Waals surface area contributed by atoms with E-state index in [1.807, 2.05) is 41.4 Å². The molecule has 234 valence electrons. The molecule has 1 saturated heterocycles. The molecule has 9 nitrogen and oxygen atoms in total. The highest BCUT2D eigenvalue weighted by atomic mass is 16.5. The fourth-order valence-corrected chi connectivity index (χ4v) is 6.34. The molecule has 1 amide bonds. The number of anilines is 2. The summed E-state index contributed by atoms with van der Waals surface area (Å²) in [5.41, 5.74) is 6.41. The quantitative estimate of drug-likeness (QED) is 0.272. The third kappa shape index (κ3) is 7.24. The number of carbonyl (C=O) groups excluding carboxylic acids is 1. The SMILES string of the molecule is Cc1cccc(C)c1-c1cc2nc(n1)NCc1cccc(c1)C(=O)N(Cc1cncc(N3CCCC3)n1)[C@H](CC(C)(C)C)CO2. The number of benzene rings is 2. The minimum Gasteiger partial charge on any atom is -0.475 e. The molecule has 4 heterocycles. The molecule has 0 aliphatic carbocycles. The minimum absolute atomic E-state index is 0.0589. The summed E-state index contributed by atoms with van der Waals surface area (Å²) >= 11 is 0. The Morgan fingerprint density at radius 1 is 0.956 bits per heavy atom. The lowest BCUT2D eigenvalue weighted by molar-refractivity contribution is 0.0509. The van der Waals surface area contributed by atoms with Gasteiger partial charge in [0.2, 0.25) is 11.8 Å². The normalized spacial score (nSPS) is 17.2. The van der Waals surface area contributed by atoms with Crippen LogP contribution in [0.1, 0.15) is 72.8 Å². The van der Waals surface area contributed by atoms with Crippen LogP contribution in [0.25, 0.3) is 11.3 Å². The first-order valence-corrected chi connectivity index (χ1v) is 15.9. The van der Waals surface area contributed by atoms with Gasteiger partial charge in [-0.3, -0.25) is 9.78 Å². The second-order valence-corrected chi connectivity index (χ2v) is 13.5. The second-order valence-electron chi connectivity index (χ2n) is 13.5. The van der Waals surface area contributed by atoms with Gasteiger partial charge in [-0.15, -0.1) is 0 Å². The van der Waals surface area contributed by atoms with Gasteiger partial charge in [0.15, 0.2) is 0 Å². The van der Waals surface area contributed by atoms with E-state index in [2.05, 4.69) is 68.0 Å².